The van der Waals surface area contributed by atoms with Gasteiger partial charge in [0.2, 0.25) is 0 Å². The lowest BCUT2D eigenvalue weighted by Gasteiger charge is -2.28. The highest BCUT2D eigenvalue weighted by Gasteiger charge is 2.42. The third-order valence-electron chi connectivity index (χ3n) is 4.14. The van der Waals surface area contributed by atoms with Gasteiger partial charge in [0, 0.05) is 5.92 Å². The minimum Gasteiger partial charge on any atom is -0.342 e. The van der Waals surface area contributed by atoms with E-state index in [9.17, 15) is 22.0 Å². The van der Waals surface area contributed by atoms with Crippen LogP contribution in [0.5, 0.6) is 0 Å². The molecule has 114 valence electrons. The molecule has 1 aliphatic carbocycles. The summed E-state index contributed by atoms with van der Waals surface area (Å²) in [6, 6.07) is 2.38. The number of nitrogens with one attached hydrogen (secondary N) is 1. The first kappa shape index (κ1) is 14.3. The van der Waals surface area contributed by atoms with E-state index >= 15 is 0 Å². The minimum atomic E-state index is -4.16. The molecule has 3 rings (SSSR count). The van der Waals surface area contributed by atoms with Crippen molar-refractivity contribution in [3.8, 4) is 0 Å². The van der Waals surface area contributed by atoms with E-state index in [-0.39, 0.29) is 24.3 Å². The Balaban J connectivity index is 1.81. The molecule has 0 amide bonds. The average molecular weight is 304 g/mol. The number of nitrogens with zero attached hydrogens (tertiary/aromatic N) is 1. The molecule has 1 N–H and O–H groups in total. The zero-order valence-corrected chi connectivity index (χ0v) is 11.0. The third-order valence-corrected chi connectivity index (χ3v) is 4.14. The predicted octanol–water partition coefficient (Wildman–Crippen LogP) is 4.68. The van der Waals surface area contributed by atoms with Crippen molar-refractivity contribution in [2.75, 3.05) is 0 Å². The maximum atomic E-state index is 13.6. The second-order valence-corrected chi connectivity index (χ2v) is 5.47. The largest absolute Gasteiger partial charge is 0.391 e. The van der Waals surface area contributed by atoms with Crippen LogP contribution in [-0.2, 0) is 0 Å². The second kappa shape index (κ2) is 4.96. The molecular formula is C14H13F5N2. The van der Waals surface area contributed by atoms with Gasteiger partial charge in [0.05, 0.1) is 11.4 Å². The molecule has 1 aromatic heterocycles. The highest BCUT2D eigenvalue weighted by molar-refractivity contribution is 5.75. The number of hydrogen-bond acceptors (Lipinski definition) is 1. The topological polar surface area (TPSA) is 28.7 Å². The van der Waals surface area contributed by atoms with Gasteiger partial charge in [-0.2, -0.15) is 13.2 Å². The molecular weight excluding hydrogens is 291 g/mol. The zero-order chi connectivity index (χ0) is 15.2. The summed E-state index contributed by atoms with van der Waals surface area (Å²) in [4.78, 5) is 6.92. The Labute approximate surface area is 117 Å². The molecule has 1 aliphatic rings. The number of alkyl halides is 3. The molecule has 0 bridgehead atoms. The first-order valence-corrected chi connectivity index (χ1v) is 6.76. The van der Waals surface area contributed by atoms with Gasteiger partial charge in [0.15, 0.2) is 11.6 Å². The Hall–Kier alpha value is -1.66. The number of aromatic nitrogens is 2. The summed E-state index contributed by atoms with van der Waals surface area (Å²) in [6.45, 7) is 0. The van der Waals surface area contributed by atoms with Crippen LogP contribution in [0, 0.1) is 17.6 Å². The van der Waals surface area contributed by atoms with Crippen molar-refractivity contribution in [3.63, 3.8) is 0 Å². The second-order valence-electron chi connectivity index (χ2n) is 5.47. The molecule has 0 saturated heterocycles. The number of rotatable bonds is 1. The van der Waals surface area contributed by atoms with Gasteiger partial charge in [0.25, 0.3) is 0 Å². The fourth-order valence-corrected chi connectivity index (χ4v) is 2.92. The molecule has 0 atom stereocenters. The molecule has 2 nitrogen and oxygen atoms in total. The zero-order valence-electron chi connectivity index (χ0n) is 11.0. The van der Waals surface area contributed by atoms with Crippen molar-refractivity contribution >= 4 is 11.0 Å². The maximum absolute atomic E-state index is 13.6. The van der Waals surface area contributed by atoms with Gasteiger partial charge in [0.1, 0.15) is 11.3 Å². The molecule has 1 heterocycles. The predicted molar refractivity (Wildman–Crippen MR) is 66.8 cm³/mol. The summed E-state index contributed by atoms with van der Waals surface area (Å²) < 4.78 is 64.6. The van der Waals surface area contributed by atoms with E-state index in [4.69, 9.17) is 0 Å². The smallest absolute Gasteiger partial charge is 0.342 e. The SMILES string of the molecule is Fc1ccc2[nH]c(C3CCC(C(F)(F)F)CC3)nc2c1F. The van der Waals surface area contributed by atoms with E-state index in [0.717, 1.165) is 6.07 Å². The molecule has 7 heteroatoms. The Kier molecular flexibility index (Phi) is 3.37. The Morgan fingerprint density at radius 2 is 1.71 bits per heavy atom. The van der Waals surface area contributed by atoms with E-state index < -0.39 is 23.7 Å². The lowest BCUT2D eigenvalue weighted by Crippen LogP contribution is -2.27. The number of benzene rings is 1. The molecule has 2 aromatic rings. The fraction of sp³-hybridized carbons (Fsp3) is 0.500. The highest BCUT2D eigenvalue weighted by Crippen LogP contribution is 2.42. The summed E-state index contributed by atoms with van der Waals surface area (Å²) in [6.07, 6.45) is -3.39. The van der Waals surface area contributed by atoms with Gasteiger partial charge in [-0.3, -0.25) is 0 Å². The summed E-state index contributed by atoms with van der Waals surface area (Å²) in [5.41, 5.74) is 0.268. The quantitative estimate of drug-likeness (QED) is 0.762. The standard InChI is InChI=1S/C14H13F5N2/c15-9-5-6-10-12(11(9)16)21-13(20-10)7-1-3-8(4-2-7)14(17,18)19/h5-8H,1-4H2,(H,20,21). The number of halogens is 5. The lowest BCUT2D eigenvalue weighted by atomic mass is 9.81. The average Bonchev–Trinajstić information content (AvgIpc) is 2.87. The number of fused-ring (bicyclic) bond motifs is 1. The monoisotopic (exact) mass is 304 g/mol. The van der Waals surface area contributed by atoms with Crippen molar-refractivity contribution in [1.29, 1.82) is 0 Å². The van der Waals surface area contributed by atoms with Gasteiger partial charge in [-0.25, -0.2) is 13.8 Å². The molecule has 0 spiro atoms. The number of H-pyrrole nitrogens is 1. The molecule has 1 fully saturated rings. The normalized spacial score (nSPS) is 23.7. The van der Waals surface area contributed by atoms with Gasteiger partial charge < -0.3 is 4.98 Å². The van der Waals surface area contributed by atoms with E-state index in [1.807, 2.05) is 0 Å². The van der Waals surface area contributed by atoms with E-state index in [2.05, 4.69) is 9.97 Å². The summed E-state index contributed by atoms with van der Waals surface area (Å²) >= 11 is 0. The van der Waals surface area contributed by atoms with E-state index in [1.165, 1.54) is 6.07 Å². The van der Waals surface area contributed by atoms with Crippen molar-refractivity contribution in [2.24, 2.45) is 5.92 Å². The molecule has 0 radical (unpaired) electrons. The van der Waals surface area contributed by atoms with Crippen LogP contribution in [0.4, 0.5) is 22.0 Å². The number of hydrogen-bond donors (Lipinski definition) is 1. The van der Waals surface area contributed by atoms with Crippen LogP contribution in [0.15, 0.2) is 12.1 Å². The molecule has 1 aromatic carbocycles. The fourth-order valence-electron chi connectivity index (χ4n) is 2.92. The lowest BCUT2D eigenvalue weighted by molar-refractivity contribution is -0.182. The van der Waals surface area contributed by atoms with E-state index in [0.29, 0.717) is 24.2 Å². The maximum Gasteiger partial charge on any atom is 0.391 e. The van der Waals surface area contributed by atoms with Crippen LogP contribution in [0.2, 0.25) is 0 Å². The van der Waals surface area contributed by atoms with Crippen molar-refractivity contribution in [2.45, 2.75) is 37.8 Å². The molecule has 21 heavy (non-hydrogen) atoms. The minimum absolute atomic E-state index is 0.0437. The van der Waals surface area contributed by atoms with Gasteiger partial charge in [-0.15, -0.1) is 0 Å². The van der Waals surface area contributed by atoms with Crippen molar-refractivity contribution in [3.05, 3.63) is 29.6 Å². The van der Waals surface area contributed by atoms with Crippen molar-refractivity contribution < 1.29 is 22.0 Å². The molecule has 0 unspecified atom stereocenters. The van der Waals surface area contributed by atoms with Crippen molar-refractivity contribution in [1.82, 2.24) is 9.97 Å². The Bertz CT molecular complexity index is 653. The van der Waals surface area contributed by atoms with Crippen LogP contribution < -0.4 is 0 Å². The molecule has 0 aliphatic heterocycles. The Morgan fingerprint density at radius 1 is 1.05 bits per heavy atom. The van der Waals surface area contributed by atoms with Crippen LogP contribution in [0.1, 0.15) is 37.4 Å². The summed E-state index contributed by atoms with van der Waals surface area (Å²) in [7, 11) is 0. The van der Waals surface area contributed by atoms with E-state index in [1.54, 1.807) is 0 Å². The summed E-state index contributed by atoms with van der Waals surface area (Å²) in [5, 5.41) is 0. The highest BCUT2D eigenvalue weighted by atomic mass is 19.4. The Morgan fingerprint density at radius 3 is 2.33 bits per heavy atom. The van der Waals surface area contributed by atoms with Gasteiger partial charge >= 0.3 is 6.18 Å². The number of aromatic amines is 1. The van der Waals surface area contributed by atoms with Crippen LogP contribution in [0.25, 0.3) is 11.0 Å². The van der Waals surface area contributed by atoms with Crippen LogP contribution in [-0.4, -0.2) is 16.1 Å². The first-order valence-electron chi connectivity index (χ1n) is 6.76. The van der Waals surface area contributed by atoms with Gasteiger partial charge in [-0.05, 0) is 37.8 Å². The third kappa shape index (κ3) is 2.61. The van der Waals surface area contributed by atoms with Crippen LogP contribution >= 0.6 is 0 Å². The number of imidazole rings is 1. The molecule has 1 saturated carbocycles. The summed E-state index contributed by atoms with van der Waals surface area (Å²) in [5.74, 6) is -3.01. The van der Waals surface area contributed by atoms with Crippen LogP contribution in [0.3, 0.4) is 0 Å². The first-order chi connectivity index (χ1) is 9.86. The van der Waals surface area contributed by atoms with Gasteiger partial charge in [-0.1, -0.05) is 0 Å².